The summed E-state index contributed by atoms with van der Waals surface area (Å²) in [5, 5.41) is 3.46. The number of ether oxygens (including phenoxy) is 1. The third kappa shape index (κ3) is 3.73. The summed E-state index contributed by atoms with van der Waals surface area (Å²) in [7, 11) is -3.11. The third-order valence-corrected chi connectivity index (χ3v) is 5.41. The summed E-state index contributed by atoms with van der Waals surface area (Å²) in [5.41, 5.74) is 0.964. The van der Waals surface area contributed by atoms with Crippen molar-refractivity contribution < 1.29 is 13.2 Å². The molecule has 112 valence electrons. The first-order valence-corrected chi connectivity index (χ1v) is 8.80. The predicted octanol–water partition coefficient (Wildman–Crippen LogP) is 2.85. The van der Waals surface area contributed by atoms with Crippen LogP contribution in [0.3, 0.4) is 0 Å². The SMILES string of the molecule is CCS(=O)(=O)c1ccc(NC2CC(C)OC(C)C2)cc1. The molecule has 0 aromatic heterocycles. The van der Waals surface area contributed by atoms with E-state index in [-0.39, 0.29) is 18.0 Å². The first-order valence-electron chi connectivity index (χ1n) is 7.15. The lowest BCUT2D eigenvalue weighted by Crippen LogP contribution is -2.36. The smallest absolute Gasteiger partial charge is 0.178 e. The molecule has 2 unspecified atom stereocenters. The Balaban J connectivity index is 2.04. The molecule has 0 radical (unpaired) electrons. The molecule has 1 aromatic rings. The van der Waals surface area contributed by atoms with Crippen molar-refractivity contribution in [1.29, 1.82) is 0 Å². The highest BCUT2D eigenvalue weighted by atomic mass is 32.2. The standard InChI is InChI=1S/C15H23NO3S/c1-4-20(17,18)15-7-5-13(6-8-15)16-14-9-11(2)19-12(3)10-14/h5-8,11-12,14,16H,4,9-10H2,1-3H3. The van der Waals surface area contributed by atoms with Crippen LogP contribution in [0.2, 0.25) is 0 Å². The van der Waals surface area contributed by atoms with Crippen LogP contribution in [0.4, 0.5) is 5.69 Å². The van der Waals surface area contributed by atoms with E-state index in [1.807, 2.05) is 12.1 Å². The Morgan fingerprint density at radius 1 is 1.15 bits per heavy atom. The van der Waals surface area contributed by atoms with Crippen molar-refractivity contribution in [2.24, 2.45) is 0 Å². The molecule has 2 atom stereocenters. The zero-order chi connectivity index (χ0) is 14.8. The van der Waals surface area contributed by atoms with Crippen LogP contribution < -0.4 is 5.32 Å². The monoisotopic (exact) mass is 297 g/mol. The number of hydrogen-bond donors (Lipinski definition) is 1. The minimum atomic E-state index is -3.11. The van der Waals surface area contributed by atoms with Gasteiger partial charge >= 0.3 is 0 Å². The molecule has 1 N–H and O–H groups in total. The van der Waals surface area contributed by atoms with Crippen molar-refractivity contribution >= 4 is 15.5 Å². The summed E-state index contributed by atoms with van der Waals surface area (Å²) in [4.78, 5) is 0.388. The summed E-state index contributed by atoms with van der Waals surface area (Å²) in [6.07, 6.45) is 2.46. The van der Waals surface area contributed by atoms with E-state index < -0.39 is 9.84 Å². The fourth-order valence-electron chi connectivity index (χ4n) is 2.68. The zero-order valence-corrected chi connectivity index (χ0v) is 13.1. The topological polar surface area (TPSA) is 55.4 Å². The van der Waals surface area contributed by atoms with Gasteiger partial charge < -0.3 is 10.1 Å². The van der Waals surface area contributed by atoms with Gasteiger partial charge in [0.1, 0.15) is 0 Å². The number of sulfone groups is 1. The van der Waals surface area contributed by atoms with Gasteiger partial charge in [0.2, 0.25) is 0 Å². The maximum Gasteiger partial charge on any atom is 0.178 e. The van der Waals surface area contributed by atoms with E-state index in [1.54, 1.807) is 19.1 Å². The average Bonchev–Trinajstić information content (AvgIpc) is 2.38. The Hall–Kier alpha value is -1.07. The molecule has 1 saturated heterocycles. The van der Waals surface area contributed by atoms with E-state index in [1.165, 1.54) is 0 Å². The molecule has 0 aliphatic carbocycles. The fourth-order valence-corrected chi connectivity index (χ4v) is 3.57. The molecule has 0 spiro atoms. The van der Waals surface area contributed by atoms with Crippen LogP contribution in [-0.2, 0) is 14.6 Å². The maximum absolute atomic E-state index is 11.8. The Labute approximate surface area is 121 Å². The normalized spacial score (nSPS) is 27.2. The molecule has 20 heavy (non-hydrogen) atoms. The lowest BCUT2D eigenvalue weighted by atomic mass is 9.99. The van der Waals surface area contributed by atoms with Crippen LogP contribution in [0.1, 0.15) is 33.6 Å². The second kappa shape index (κ2) is 6.14. The van der Waals surface area contributed by atoms with Gasteiger partial charge in [-0.3, -0.25) is 0 Å². The quantitative estimate of drug-likeness (QED) is 0.928. The van der Waals surface area contributed by atoms with Gasteiger partial charge in [-0.1, -0.05) is 6.92 Å². The Morgan fingerprint density at radius 2 is 1.70 bits per heavy atom. The van der Waals surface area contributed by atoms with Gasteiger partial charge in [-0.2, -0.15) is 0 Å². The van der Waals surface area contributed by atoms with Crippen molar-refractivity contribution in [2.75, 3.05) is 11.1 Å². The third-order valence-electron chi connectivity index (χ3n) is 3.66. The van der Waals surface area contributed by atoms with Gasteiger partial charge in [-0.05, 0) is 51.0 Å². The Morgan fingerprint density at radius 3 is 2.20 bits per heavy atom. The van der Waals surface area contributed by atoms with Crippen molar-refractivity contribution in [2.45, 2.75) is 56.8 Å². The highest BCUT2D eigenvalue weighted by Gasteiger charge is 2.24. The van der Waals surface area contributed by atoms with Crippen molar-refractivity contribution in [3.8, 4) is 0 Å². The van der Waals surface area contributed by atoms with E-state index in [0.717, 1.165) is 18.5 Å². The molecule has 0 bridgehead atoms. The summed E-state index contributed by atoms with van der Waals surface area (Å²) in [5.74, 6) is 0.134. The Bertz CT molecular complexity index is 529. The van der Waals surface area contributed by atoms with E-state index in [0.29, 0.717) is 10.9 Å². The minimum Gasteiger partial charge on any atom is -0.382 e. The largest absolute Gasteiger partial charge is 0.382 e. The predicted molar refractivity (Wildman–Crippen MR) is 80.8 cm³/mol. The lowest BCUT2D eigenvalue weighted by Gasteiger charge is -2.33. The second-order valence-corrected chi connectivity index (χ2v) is 7.78. The highest BCUT2D eigenvalue weighted by Crippen LogP contribution is 2.23. The van der Waals surface area contributed by atoms with E-state index >= 15 is 0 Å². The van der Waals surface area contributed by atoms with E-state index in [2.05, 4.69) is 19.2 Å². The van der Waals surface area contributed by atoms with Crippen molar-refractivity contribution in [3.05, 3.63) is 24.3 Å². The second-order valence-electron chi connectivity index (χ2n) is 5.50. The average molecular weight is 297 g/mol. The molecule has 4 nitrogen and oxygen atoms in total. The highest BCUT2D eigenvalue weighted by molar-refractivity contribution is 7.91. The molecule has 5 heteroatoms. The number of rotatable bonds is 4. The molecular formula is C15H23NO3S. The lowest BCUT2D eigenvalue weighted by molar-refractivity contribution is -0.0337. The van der Waals surface area contributed by atoms with Gasteiger partial charge in [0.05, 0.1) is 22.9 Å². The van der Waals surface area contributed by atoms with E-state index in [9.17, 15) is 8.42 Å². The number of anilines is 1. The van der Waals surface area contributed by atoms with Crippen LogP contribution in [0.15, 0.2) is 29.2 Å². The van der Waals surface area contributed by atoms with Gasteiger partial charge in [-0.15, -0.1) is 0 Å². The molecule has 1 aromatic carbocycles. The summed E-state index contributed by atoms with van der Waals surface area (Å²) in [6, 6.07) is 7.41. The number of nitrogens with one attached hydrogen (secondary N) is 1. The van der Waals surface area contributed by atoms with Crippen LogP contribution >= 0.6 is 0 Å². The van der Waals surface area contributed by atoms with Gasteiger partial charge in [0, 0.05) is 11.7 Å². The zero-order valence-electron chi connectivity index (χ0n) is 12.3. The van der Waals surface area contributed by atoms with Gasteiger partial charge in [-0.25, -0.2) is 8.42 Å². The molecule has 0 saturated carbocycles. The van der Waals surface area contributed by atoms with Crippen LogP contribution in [0, 0.1) is 0 Å². The first kappa shape index (κ1) is 15.3. The Kier molecular flexibility index (Phi) is 4.70. The van der Waals surface area contributed by atoms with Crippen LogP contribution in [-0.4, -0.2) is 32.4 Å². The molecule has 1 aliphatic rings. The summed E-state index contributed by atoms with van der Waals surface area (Å²) in [6.45, 7) is 5.83. The summed E-state index contributed by atoms with van der Waals surface area (Å²) < 4.78 is 29.2. The molecule has 1 heterocycles. The molecule has 1 aliphatic heterocycles. The van der Waals surface area contributed by atoms with Gasteiger partial charge in [0.25, 0.3) is 0 Å². The molecule has 0 amide bonds. The van der Waals surface area contributed by atoms with Crippen molar-refractivity contribution in [3.63, 3.8) is 0 Å². The van der Waals surface area contributed by atoms with Crippen molar-refractivity contribution in [1.82, 2.24) is 0 Å². The fraction of sp³-hybridized carbons (Fsp3) is 0.600. The first-order chi connectivity index (χ1) is 9.40. The van der Waals surface area contributed by atoms with Gasteiger partial charge in [0.15, 0.2) is 9.84 Å². The van der Waals surface area contributed by atoms with E-state index in [4.69, 9.17) is 4.74 Å². The number of hydrogen-bond acceptors (Lipinski definition) is 4. The molecule has 2 rings (SSSR count). The van der Waals surface area contributed by atoms with Crippen LogP contribution in [0.25, 0.3) is 0 Å². The number of benzene rings is 1. The maximum atomic E-state index is 11.8. The molecule has 1 fully saturated rings. The minimum absolute atomic E-state index is 0.134. The summed E-state index contributed by atoms with van der Waals surface area (Å²) >= 11 is 0. The van der Waals surface area contributed by atoms with Crippen LogP contribution in [0.5, 0.6) is 0 Å². The molecular weight excluding hydrogens is 274 g/mol.